The first-order valence-electron chi connectivity index (χ1n) is 16.3. The van der Waals surface area contributed by atoms with Gasteiger partial charge in [0, 0.05) is 11.4 Å². The lowest BCUT2D eigenvalue weighted by Crippen LogP contribution is -2.04. The van der Waals surface area contributed by atoms with Crippen LogP contribution >= 0.6 is 0 Å². The summed E-state index contributed by atoms with van der Waals surface area (Å²) in [7, 11) is 0. The summed E-state index contributed by atoms with van der Waals surface area (Å²) < 4.78 is 138. The first kappa shape index (κ1) is 37.1. The van der Waals surface area contributed by atoms with Crippen LogP contribution in [0.2, 0.25) is 0 Å². The van der Waals surface area contributed by atoms with Crippen molar-refractivity contribution in [3.63, 3.8) is 0 Å². The minimum Gasteiger partial charge on any atom is -0.450 e. The number of hydrogen-bond donors (Lipinski definition) is 2. The van der Waals surface area contributed by atoms with Gasteiger partial charge in [0.15, 0.2) is 0 Å². The third-order valence-corrected chi connectivity index (χ3v) is 8.27. The van der Waals surface area contributed by atoms with Crippen LogP contribution in [0.4, 0.5) is 46.5 Å². The molecule has 0 unspecified atom stereocenters. The Morgan fingerprint density at radius 1 is 0.250 bits per heavy atom. The van der Waals surface area contributed by atoms with Gasteiger partial charge < -0.3 is 30.4 Å². The molecule has 0 aliphatic heterocycles. The zero-order valence-electron chi connectivity index (χ0n) is 28.4. The number of rotatable bonds is 10. The maximum Gasteiger partial charge on any atom is 0.211 e. The summed E-state index contributed by atoms with van der Waals surface area (Å²) in [5.41, 5.74) is 14.7. The zero-order valence-corrected chi connectivity index (χ0v) is 28.4. The summed E-state index contributed by atoms with van der Waals surface area (Å²) in [5, 5.41) is 0. The summed E-state index contributed by atoms with van der Waals surface area (Å²) in [4.78, 5) is 0. The van der Waals surface area contributed by atoms with Crippen molar-refractivity contribution in [3.8, 4) is 68.2 Å². The van der Waals surface area contributed by atoms with E-state index in [-0.39, 0.29) is 23.0 Å². The predicted molar refractivity (Wildman–Crippen MR) is 192 cm³/mol. The molecule has 0 spiro atoms. The topological polar surface area (TPSA) is 89.0 Å². The zero-order chi connectivity index (χ0) is 39.7. The molecule has 0 aromatic heterocycles. The molecule has 0 saturated heterocycles. The summed E-state index contributed by atoms with van der Waals surface area (Å²) in [5.74, 6) is -19.7. The minimum atomic E-state index is -2.08. The SMILES string of the molecule is Nc1ccc(Oc2c(F)c(F)c(F)c(F)c2Oc2ccc(-c3ccc(-c4ccc(Oc5c(F)c(F)c(F)c(F)c5Oc5ccc(N)cc5)cc4)cc3)cc2)cc1. The van der Waals surface area contributed by atoms with Crippen molar-refractivity contribution in [1.29, 1.82) is 0 Å². The molecule has 7 aromatic rings. The van der Waals surface area contributed by atoms with Gasteiger partial charge in [-0.2, -0.15) is 17.6 Å². The van der Waals surface area contributed by atoms with Crippen molar-refractivity contribution in [2.24, 2.45) is 0 Å². The van der Waals surface area contributed by atoms with Gasteiger partial charge in [0.1, 0.15) is 23.0 Å². The van der Waals surface area contributed by atoms with Crippen molar-refractivity contribution in [1.82, 2.24) is 0 Å². The van der Waals surface area contributed by atoms with Gasteiger partial charge in [-0.3, -0.25) is 0 Å². The summed E-state index contributed by atoms with van der Waals surface area (Å²) in [6, 6.07) is 30.0. The average molecular weight is 773 g/mol. The van der Waals surface area contributed by atoms with Crippen LogP contribution in [-0.4, -0.2) is 0 Å². The minimum absolute atomic E-state index is 0.0414. The summed E-state index contributed by atoms with van der Waals surface area (Å²) in [6.07, 6.45) is 0. The molecule has 7 aromatic carbocycles. The molecule has 0 heterocycles. The molecule has 0 aliphatic carbocycles. The number of anilines is 2. The Morgan fingerprint density at radius 3 is 0.643 bits per heavy atom. The Labute approximate surface area is 312 Å². The Hall–Kier alpha value is -7.22. The fraction of sp³-hybridized carbons (Fsp3) is 0. The average Bonchev–Trinajstić information content (AvgIpc) is 3.22. The summed E-state index contributed by atoms with van der Waals surface area (Å²) in [6.45, 7) is 0. The van der Waals surface area contributed by atoms with Crippen LogP contribution in [0.1, 0.15) is 0 Å². The Balaban J connectivity index is 1.07. The highest BCUT2D eigenvalue weighted by Gasteiger charge is 2.30. The molecule has 0 bridgehead atoms. The van der Waals surface area contributed by atoms with Crippen molar-refractivity contribution in [2.75, 3.05) is 11.5 Å². The fourth-order valence-electron chi connectivity index (χ4n) is 5.38. The molecule has 0 radical (unpaired) electrons. The van der Waals surface area contributed by atoms with E-state index in [1.165, 1.54) is 72.8 Å². The standard InChI is InChI=1S/C42H24F8N2O4/c43-31-33(45)37(49)41(55-29-17-9-25(51)10-18-29)39(35(31)47)53-27-13-5-23(6-14-27)21-1-2-22(4-3-21)24-7-15-28(16-8-24)54-40-36(48)32(44)34(46)38(50)42(40)56-30-19-11-26(52)12-20-30/h1-20H,51-52H2. The van der Waals surface area contributed by atoms with Gasteiger partial charge in [-0.25, -0.2) is 17.6 Å². The third kappa shape index (κ3) is 7.44. The molecular formula is C42H24F8N2O4. The lowest BCUT2D eigenvalue weighted by atomic mass is 10.0. The Kier molecular flexibility index (Phi) is 10.1. The highest BCUT2D eigenvalue weighted by molar-refractivity contribution is 5.71. The molecule has 0 amide bonds. The van der Waals surface area contributed by atoms with Gasteiger partial charge in [0.25, 0.3) is 0 Å². The largest absolute Gasteiger partial charge is 0.450 e. The normalized spacial score (nSPS) is 11.0. The van der Waals surface area contributed by atoms with Crippen LogP contribution in [0.15, 0.2) is 121 Å². The lowest BCUT2D eigenvalue weighted by Gasteiger charge is -2.15. The molecule has 56 heavy (non-hydrogen) atoms. The molecule has 282 valence electrons. The number of halogens is 8. The number of nitrogens with two attached hydrogens (primary N) is 2. The van der Waals surface area contributed by atoms with Crippen molar-refractivity contribution >= 4 is 11.4 Å². The molecule has 4 N–H and O–H groups in total. The highest BCUT2D eigenvalue weighted by Crippen LogP contribution is 2.44. The van der Waals surface area contributed by atoms with Gasteiger partial charge in [0.05, 0.1) is 0 Å². The van der Waals surface area contributed by atoms with E-state index in [0.29, 0.717) is 22.5 Å². The fourth-order valence-corrected chi connectivity index (χ4v) is 5.38. The smallest absolute Gasteiger partial charge is 0.211 e. The molecule has 0 fully saturated rings. The van der Waals surface area contributed by atoms with Crippen LogP contribution in [0.25, 0.3) is 22.3 Å². The maximum absolute atomic E-state index is 14.9. The molecule has 6 nitrogen and oxygen atoms in total. The van der Waals surface area contributed by atoms with Gasteiger partial charge in [-0.05, 0) is 95.1 Å². The van der Waals surface area contributed by atoms with E-state index in [4.69, 9.17) is 30.4 Å². The molecule has 14 heteroatoms. The summed E-state index contributed by atoms with van der Waals surface area (Å²) >= 11 is 0. The van der Waals surface area contributed by atoms with E-state index in [1.807, 2.05) is 0 Å². The number of hydrogen-bond acceptors (Lipinski definition) is 6. The van der Waals surface area contributed by atoms with E-state index >= 15 is 0 Å². The second-order valence-corrected chi connectivity index (χ2v) is 12.0. The van der Waals surface area contributed by atoms with Crippen LogP contribution < -0.4 is 30.4 Å². The van der Waals surface area contributed by atoms with Crippen LogP contribution in [0.3, 0.4) is 0 Å². The van der Waals surface area contributed by atoms with Gasteiger partial charge >= 0.3 is 0 Å². The van der Waals surface area contributed by atoms with E-state index < -0.39 is 69.5 Å². The molecule has 0 saturated carbocycles. The Bertz CT molecular complexity index is 2370. The molecule has 0 aliphatic rings. The first-order valence-corrected chi connectivity index (χ1v) is 16.3. The van der Waals surface area contributed by atoms with Crippen molar-refractivity contribution < 1.29 is 54.1 Å². The molecule has 0 atom stereocenters. The maximum atomic E-state index is 14.9. The van der Waals surface area contributed by atoms with Gasteiger partial charge in [-0.15, -0.1) is 0 Å². The number of nitrogen functional groups attached to an aromatic ring is 2. The molecular weight excluding hydrogens is 748 g/mol. The predicted octanol–water partition coefficient (Wildman–Crippen LogP) is 12.5. The second-order valence-electron chi connectivity index (χ2n) is 12.0. The number of benzene rings is 7. The Morgan fingerprint density at radius 2 is 0.429 bits per heavy atom. The van der Waals surface area contributed by atoms with Crippen molar-refractivity contribution in [2.45, 2.75) is 0 Å². The highest BCUT2D eigenvalue weighted by atomic mass is 19.2. The monoisotopic (exact) mass is 772 g/mol. The van der Waals surface area contributed by atoms with Crippen LogP contribution in [-0.2, 0) is 0 Å². The second kappa shape index (κ2) is 15.3. The van der Waals surface area contributed by atoms with Gasteiger partial charge in [0.2, 0.25) is 69.5 Å². The van der Waals surface area contributed by atoms with E-state index in [0.717, 1.165) is 11.1 Å². The quantitative estimate of drug-likeness (QED) is 0.0623. The van der Waals surface area contributed by atoms with Crippen LogP contribution in [0, 0.1) is 46.5 Å². The first-order chi connectivity index (χ1) is 26.9. The van der Waals surface area contributed by atoms with E-state index in [2.05, 4.69) is 0 Å². The van der Waals surface area contributed by atoms with E-state index in [9.17, 15) is 35.1 Å². The molecule has 7 rings (SSSR count). The van der Waals surface area contributed by atoms with Gasteiger partial charge in [-0.1, -0.05) is 48.5 Å². The van der Waals surface area contributed by atoms with Crippen molar-refractivity contribution in [3.05, 3.63) is 168 Å². The lowest BCUT2D eigenvalue weighted by molar-refractivity contribution is 0.330. The van der Waals surface area contributed by atoms with Crippen LogP contribution in [0.5, 0.6) is 46.0 Å². The number of ether oxygens (including phenoxy) is 4. The van der Waals surface area contributed by atoms with E-state index in [1.54, 1.807) is 48.5 Å². The third-order valence-electron chi connectivity index (χ3n) is 8.27.